The van der Waals surface area contributed by atoms with Crippen molar-refractivity contribution in [3.8, 4) is 0 Å². The lowest BCUT2D eigenvalue weighted by molar-refractivity contribution is 0.135. The highest BCUT2D eigenvalue weighted by Crippen LogP contribution is 2.55. The van der Waals surface area contributed by atoms with Crippen LogP contribution in [0.3, 0.4) is 0 Å². The minimum atomic E-state index is -0.261. The van der Waals surface area contributed by atoms with Gasteiger partial charge >= 0.3 is 6.09 Å². The van der Waals surface area contributed by atoms with Gasteiger partial charge in [-0.05, 0) is 69.1 Å². The number of carbonyl (C=O) groups is 1. The largest absolute Gasteiger partial charge is 0.449 e. The second-order valence-electron chi connectivity index (χ2n) is 8.33. The summed E-state index contributed by atoms with van der Waals surface area (Å²) < 4.78 is 5.44. The number of nitrogens with one attached hydrogen (secondary N) is 1. The Labute approximate surface area is 142 Å². The molecule has 0 spiro atoms. The zero-order chi connectivity index (χ0) is 17.1. The van der Waals surface area contributed by atoms with E-state index >= 15 is 0 Å². The summed E-state index contributed by atoms with van der Waals surface area (Å²) in [6.07, 6.45) is 4.76. The number of carbonyl (C=O) groups excluding carboxylic acids is 1. The van der Waals surface area contributed by atoms with Gasteiger partial charge in [0.2, 0.25) is 0 Å². The Morgan fingerprint density at radius 1 is 1.00 bits per heavy atom. The Morgan fingerprint density at radius 3 is 1.87 bits per heavy atom. The van der Waals surface area contributed by atoms with Gasteiger partial charge < -0.3 is 10.1 Å². The van der Waals surface area contributed by atoms with Crippen LogP contribution in [-0.2, 0) is 4.74 Å². The van der Waals surface area contributed by atoms with Crippen LogP contribution in [0.2, 0.25) is 0 Å². The van der Waals surface area contributed by atoms with Crippen LogP contribution < -0.4 is 5.32 Å². The number of hydrogen-bond acceptors (Lipinski definition) is 2. The van der Waals surface area contributed by atoms with E-state index in [9.17, 15) is 4.79 Å². The van der Waals surface area contributed by atoms with Gasteiger partial charge in [0.15, 0.2) is 0 Å². The van der Waals surface area contributed by atoms with E-state index < -0.39 is 0 Å². The van der Waals surface area contributed by atoms with Gasteiger partial charge in [0, 0.05) is 6.04 Å². The molecule has 0 heterocycles. The summed E-state index contributed by atoms with van der Waals surface area (Å²) in [6, 6.07) is 0.141. The molecule has 2 aliphatic rings. The topological polar surface area (TPSA) is 38.3 Å². The van der Waals surface area contributed by atoms with Crippen molar-refractivity contribution in [1.82, 2.24) is 5.32 Å². The number of ether oxygens (including phenoxy) is 1. The highest BCUT2D eigenvalue weighted by Gasteiger charge is 2.50. The SMILES string of the molecule is CC(C)NC(=O)OCC1C2CC/C(C(C)C)=C(/C(C)C)CCC21. The number of amides is 1. The lowest BCUT2D eigenvalue weighted by Gasteiger charge is -2.23. The standard InChI is InChI=1S/C20H35NO2/c1-12(2)15-7-9-17-18(10-8-16(15)13(3)4)19(17)11-23-20(22)21-14(5)6/h12-14,17-19H,7-11H2,1-6H3,(H,21,22)/b16-15-. The molecule has 0 bridgehead atoms. The monoisotopic (exact) mass is 321 g/mol. The normalized spacial score (nSPS) is 30.9. The van der Waals surface area contributed by atoms with Crippen molar-refractivity contribution in [1.29, 1.82) is 0 Å². The summed E-state index contributed by atoms with van der Waals surface area (Å²) in [5.41, 5.74) is 3.39. The Balaban J connectivity index is 1.89. The lowest BCUT2D eigenvalue weighted by Crippen LogP contribution is -2.31. The predicted molar refractivity (Wildman–Crippen MR) is 95.3 cm³/mol. The molecule has 0 saturated heterocycles. The fourth-order valence-electron chi connectivity index (χ4n) is 4.36. The Kier molecular flexibility index (Phi) is 6.16. The van der Waals surface area contributed by atoms with Gasteiger partial charge in [-0.1, -0.05) is 38.8 Å². The maximum absolute atomic E-state index is 11.7. The first-order valence-corrected chi connectivity index (χ1v) is 9.46. The van der Waals surface area contributed by atoms with Crippen molar-refractivity contribution >= 4 is 6.09 Å². The number of rotatable bonds is 5. The molecular weight excluding hydrogens is 286 g/mol. The zero-order valence-electron chi connectivity index (χ0n) is 15.8. The van der Waals surface area contributed by atoms with Crippen molar-refractivity contribution in [2.24, 2.45) is 29.6 Å². The van der Waals surface area contributed by atoms with Crippen LogP contribution in [0, 0.1) is 29.6 Å². The summed E-state index contributed by atoms with van der Waals surface area (Å²) >= 11 is 0. The molecular formula is C20H35NO2. The third-order valence-electron chi connectivity index (χ3n) is 5.62. The van der Waals surface area contributed by atoms with Crippen molar-refractivity contribution in [2.45, 2.75) is 73.3 Å². The first kappa shape index (κ1) is 18.4. The minimum absolute atomic E-state index is 0.141. The first-order valence-electron chi connectivity index (χ1n) is 9.46. The molecule has 1 N–H and O–H groups in total. The molecule has 23 heavy (non-hydrogen) atoms. The lowest BCUT2D eigenvalue weighted by atomic mass is 9.83. The fraction of sp³-hybridized carbons (Fsp3) is 0.850. The molecule has 0 aliphatic heterocycles. The molecule has 1 amide bonds. The van der Waals surface area contributed by atoms with E-state index in [1.54, 1.807) is 11.1 Å². The molecule has 0 aromatic carbocycles. The molecule has 0 radical (unpaired) electrons. The Bertz CT molecular complexity index is 423. The van der Waals surface area contributed by atoms with Gasteiger partial charge in [0.1, 0.15) is 0 Å². The summed E-state index contributed by atoms with van der Waals surface area (Å²) in [7, 11) is 0. The smallest absolute Gasteiger partial charge is 0.407 e. The molecule has 1 fully saturated rings. The third kappa shape index (κ3) is 4.74. The number of alkyl carbamates (subject to hydrolysis) is 1. The van der Waals surface area contributed by atoms with Gasteiger partial charge in [0.05, 0.1) is 6.61 Å². The molecule has 2 unspecified atom stereocenters. The van der Waals surface area contributed by atoms with Crippen LogP contribution in [0.15, 0.2) is 11.1 Å². The van der Waals surface area contributed by atoms with Crippen LogP contribution >= 0.6 is 0 Å². The van der Waals surface area contributed by atoms with E-state index in [0.29, 0.717) is 24.4 Å². The molecule has 0 aromatic heterocycles. The predicted octanol–water partition coefficient (Wildman–Crippen LogP) is 5.17. The van der Waals surface area contributed by atoms with Crippen LogP contribution in [0.25, 0.3) is 0 Å². The van der Waals surface area contributed by atoms with Crippen molar-refractivity contribution in [3.63, 3.8) is 0 Å². The van der Waals surface area contributed by atoms with E-state index in [1.807, 2.05) is 13.8 Å². The second kappa shape index (κ2) is 7.72. The summed E-state index contributed by atoms with van der Waals surface area (Å²) in [4.78, 5) is 11.7. The highest BCUT2D eigenvalue weighted by molar-refractivity contribution is 5.67. The van der Waals surface area contributed by atoms with E-state index in [0.717, 1.165) is 11.8 Å². The van der Waals surface area contributed by atoms with E-state index in [2.05, 4.69) is 33.0 Å². The Hall–Kier alpha value is -0.990. The Morgan fingerprint density at radius 2 is 1.48 bits per heavy atom. The molecule has 0 aromatic rings. The number of allylic oxidation sites excluding steroid dienone is 2. The fourth-order valence-corrected chi connectivity index (χ4v) is 4.36. The molecule has 3 nitrogen and oxygen atoms in total. The zero-order valence-corrected chi connectivity index (χ0v) is 15.8. The number of fused-ring (bicyclic) bond motifs is 1. The summed E-state index contributed by atoms with van der Waals surface area (Å²) in [5, 5.41) is 2.81. The summed E-state index contributed by atoms with van der Waals surface area (Å²) in [5.74, 6) is 3.45. The average Bonchev–Trinajstić information content (AvgIpc) is 3.05. The average molecular weight is 322 g/mol. The molecule has 2 atom stereocenters. The van der Waals surface area contributed by atoms with Gasteiger partial charge in [-0.15, -0.1) is 0 Å². The quantitative estimate of drug-likeness (QED) is 0.710. The molecule has 2 rings (SSSR count). The van der Waals surface area contributed by atoms with E-state index in [-0.39, 0.29) is 12.1 Å². The van der Waals surface area contributed by atoms with Gasteiger partial charge in [0.25, 0.3) is 0 Å². The van der Waals surface area contributed by atoms with Gasteiger partial charge in [-0.3, -0.25) is 0 Å². The maximum Gasteiger partial charge on any atom is 0.407 e. The van der Waals surface area contributed by atoms with Crippen LogP contribution in [0.5, 0.6) is 0 Å². The van der Waals surface area contributed by atoms with Crippen LogP contribution in [-0.4, -0.2) is 18.7 Å². The van der Waals surface area contributed by atoms with Crippen molar-refractivity contribution < 1.29 is 9.53 Å². The van der Waals surface area contributed by atoms with Crippen LogP contribution in [0.4, 0.5) is 4.79 Å². The van der Waals surface area contributed by atoms with E-state index in [4.69, 9.17) is 4.74 Å². The molecule has 1 saturated carbocycles. The highest BCUT2D eigenvalue weighted by atomic mass is 16.5. The maximum atomic E-state index is 11.7. The van der Waals surface area contributed by atoms with Crippen LogP contribution in [0.1, 0.15) is 67.2 Å². The molecule has 3 heteroatoms. The minimum Gasteiger partial charge on any atom is -0.449 e. The van der Waals surface area contributed by atoms with E-state index in [1.165, 1.54) is 25.7 Å². The van der Waals surface area contributed by atoms with Crippen molar-refractivity contribution in [2.75, 3.05) is 6.61 Å². The molecule has 132 valence electrons. The first-order chi connectivity index (χ1) is 10.8. The summed E-state index contributed by atoms with van der Waals surface area (Å²) in [6.45, 7) is 13.8. The van der Waals surface area contributed by atoms with Gasteiger partial charge in [-0.25, -0.2) is 4.79 Å². The third-order valence-corrected chi connectivity index (χ3v) is 5.62. The molecule has 2 aliphatic carbocycles. The second-order valence-corrected chi connectivity index (χ2v) is 8.33. The number of hydrogen-bond donors (Lipinski definition) is 1. The van der Waals surface area contributed by atoms with Crippen molar-refractivity contribution in [3.05, 3.63) is 11.1 Å². The van der Waals surface area contributed by atoms with Gasteiger partial charge in [-0.2, -0.15) is 0 Å².